The fourth-order valence-corrected chi connectivity index (χ4v) is 9.26. The zero-order valence-corrected chi connectivity index (χ0v) is 34.9. The van der Waals surface area contributed by atoms with Crippen molar-refractivity contribution in [1.29, 1.82) is 0 Å². The van der Waals surface area contributed by atoms with Gasteiger partial charge >= 0.3 is 12.2 Å². The van der Waals surface area contributed by atoms with Crippen molar-refractivity contribution in [2.24, 2.45) is 0 Å². The van der Waals surface area contributed by atoms with Gasteiger partial charge in [-0.1, -0.05) is 66.8 Å². The van der Waals surface area contributed by atoms with Gasteiger partial charge in [-0.25, -0.2) is 19.6 Å². The van der Waals surface area contributed by atoms with Crippen LogP contribution < -0.4 is 10.6 Å². The average Bonchev–Trinajstić information content (AvgIpc) is 4.16. The van der Waals surface area contributed by atoms with Gasteiger partial charge in [-0.05, 0) is 109 Å². The van der Waals surface area contributed by atoms with Crippen molar-refractivity contribution in [1.82, 2.24) is 40.4 Å². The van der Waals surface area contributed by atoms with Gasteiger partial charge in [0.1, 0.15) is 23.7 Å². The second-order valence-corrected chi connectivity index (χ2v) is 16.2. The quantitative estimate of drug-likeness (QED) is 0.102. The maximum absolute atomic E-state index is 14.0. The number of imidazole rings is 2. The van der Waals surface area contributed by atoms with Crippen LogP contribution in [0.4, 0.5) is 9.59 Å². The van der Waals surface area contributed by atoms with E-state index in [-0.39, 0.29) is 23.9 Å². The molecule has 2 aromatic heterocycles. The first kappa shape index (κ1) is 40.4. The number of hydrogen-bond donors (Lipinski definition) is 4. The van der Waals surface area contributed by atoms with Crippen molar-refractivity contribution >= 4 is 45.8 Å². The average molecular weight is 835 g/mol. The molecule has 14 heteroatoms. The van der Waals surface area contributed by atoms with Gasteiger partial charge in [0.15, 0.2) is 0 Å². The molecule has 0 spiro atoms. The molecular weight excluding hydrogens is 785 g/mol. The van der Waals surface area contributed by atoms with E-state index in [1.807, 2.05) is 58.5 Å². The van der Waals surface area contributed by atoms with Gasteiger partial charge in [0.2, 0.25) is 11.8 Å². The van der Waals surface area contributed by atoms with Gasteiger partial charge in [0.25, 0.3) is 0 Å². The van der Waals surface area contributed by atoms with Crippen molar-refractivity contribution in [2.75, 3.05) is 27.3 Å². The summed E-state index contributed by atoms with van der Waals surface area (Å²) in [6, 6.07) is 16.8. The monoisotopic (exact) mass is 834 g/mol. The molecule has 3 aromatic carbocycles. The standard InChI is InChI=1S/C48H50N8O6/c1-61-47(59)53-41(29-11-5-3-6-12-29)45(57)55-23-9-15-39(55)43-49-28-38(52-43)35-20-19-31-25-32(17-18-33(31)26-35)34-21-22-36-37(27-34)51-44(50-36)40-16-10-24-56(40)46(58)42(54-48(60)62-2)30-13-7-4-8-14-30/h3-5,7,12,14,17-22,25-28,39-42H,6,8-11,13,15-16,23-24H2,1-2H3,(H,49,52)(H,50,51)(H,53,59)(H,54,60)/t39-,40-,41+,42+/m0/s1. The van der Waals surface area contributed by atoms with Crippen molar-refractivity contribution in [3.63, 3.8) is 0 Å². The molecule has 0 saturated carbocycles. The smallest absolute Gasteiger partial charge is 0.407 e. The Balaban J connectivity index is 0.908. The van der Waals surface area contributed by atoms with Gasteiger partial charge in [0.05, 0.1) is 49.2 Å². The Kier molecular flexibility index (Phi) is 11.5. The highest BCUT2D eigenvalue weighted by Gasteiger charge is 2.39. The predicted octanol–water partition coefficient (Wildman–Crippen LogP) is 8.10. The third-order valence-electron chi connectivity index (χ3n) is 12.5. The van der Waals surface area contributed by atoms with Crippen LogP contribution in [-0.4, -0.2) is 93.1 Å². The van der Waals surface area contributed by atoms with Crippen molar-refractivity contribution < 1.29 is 28.7 Å². The van der Waals surface area contributed by atoms with Crippen molar-refractivity contribution in [3.05, 3.63) is 120 Å². The lowest BCUT2D eigenvalue weighted by atomic mass is 9.97. The van der Waals surface area contributed by atoms with Crippen molar-refractivity contribution in [2.45, 2.75) is 75.5 Å². The number of amides is 4. The number of likely N-dealkylation sites (tertiary alicyclic amines) is 2. The SMILES string of the molecule is COC(=O)N[C@@H](C(=O)N1CCC[C@H]1c1ncc(-c2ccc3cc(-c4ccc5nc([C@@H]6CCCN6C(=O)[C@H](NC(=O)OC)C6=CCC=CC6)[nH]c5c4)ccc3c2)[nH]1)C1=CCC=CC1. The summed E-state index contributed by atoms with van der Waals surface area (Å²) in [5, 5.41) is 7.70. The molecule has 2 aliphatic heterocycles. The van der Waals surface area contributed by atoms with E-state index in [0.29, 0.717) is 38.8 Å². The van der Waals surface area contributed by atoms with Crippen LogP contribution in [0.2, 0.25) is 0 Å². The van der Waals surface area contributed by atoms with E-state index in [0.717, 1.165) is 92.7 Å². The van der Waals surface area contributed by atoms with Gasteiger partial charge in [0, 0.05) is 18.7 Å². The summed E-state index contributed by atoms with van der Waals surface area (Å²) in [7, 11) is 2.60. The number of benzene rings is 3. The topological polar surface area (TPSA) is 175 Å². The van der Waals surface area contributed by atoms with Gasteiger partial charge in [-0.3, -0.25) is 9.59 Å². The summed E-state index contributed by atoms with van der Waals surface area (Å²) >= 11 is 0. The fourth-order valence-electron chi connectivity index (χ4n) is 9.26. The molecule has 62 heavy (non-hydrogen) atoms. The van der Waals surface area contributed by atoms with Crippen molar-refractivity contribution in [3.8, 4) is 22.4 Å². The second-order valence-electron chi connectivity index (χ2n) is 16.2. The summed E-state index contributed by atoms with van der Waals surface area (Å²) in [5.41, 5.74) is 7.35. The fraction of sp³-hybridized carbons (Fsp3) is 0.333. The maximum Gasteiger partial charge on any atom is 0.407 e. The van der Waals surface area contributed by atoms with E-state index in [1.54, 1.807) is 0 Å². The number of methoxy groups -OCH3 is 2. The Morgan fingerprint density at radius 3 is 1.81 bits per heavy atom. The predicted molar refractivity (Wildman–Crippen MR) is 236 cm³/mol. The Bertz CT molecular complexity index is 2670. The van der Waals surface area contributed by atoms with Crippen LogP contribution in [0, 0.1) is 0 Å². The highest BCUT2D eigenvalue weighted by molar-refractivity contribution is 5.93. The number of aromatic nitrogens is 4. The van der Waals surface area contributed by atoms with Crippen LogP contribution in [0.3, 0.4) is 0 Å². The molecule has 4 aliphatic rings. The minimum absolute atomic E-state index is 0.161. The number of nitrogens with one attached hydrogen (secondary N) is 4. The lowest BCUT2D eigenvalue weighted by Crippen LogP contribution is -2.49. The zero-order valence-electron chi connectivity index (χ0n) is 34.9. The van der Waals surface area contributed by atoms with E-state index < -0.39 is 24.3 Å². The zero-order chi connectivity index (χ0) is 42.7. The number of alkyl carbamates (subject to hydrolysis) is 2. The number of carbonyl (C=O) groups excluding carboxylic acids is 4. The highest BCUT2D eigenvalue weighted by atomic mass is 16.5. The van der Waals surface area contributed by atoms with E-state index in [2.05, 4.69) is 69.1 Å². The van der Waals surface area contributed by atoms with Crippen LogP contribution in [0.1, 0.15) is 75.1 Å². The first-order valence-corrected chi connectivity index (χ1v) is 21.3. The molecule has 9 rings (SSSR count). The molecule has 14 nitrogen and oxygen atoms in total. The highest BCUT2D eigenvalue weighted by Crippen LogP contribution is 2.36. The van der Waals surface area contributed by atoms with Crippen LogP contribution in [0.25, 0.3) is 44.2 Å². The third-order valence-corrected chi connectivity index (χ3v) is 12.5. The van der Waals surface area contributed by atoms with Gasteiger partial charge < -0.3 is 39.9 Å². The first-order valence-electron chi connectivity index (χ1n) is 21.3. The van der Waals surface area contributed by atoms with Crippen LogP contribution in [-0.2, 0) is 19.1 Å². The normalized spacial score (nSPS) is 19.6. The summed E-state index contributed by atoms with van der Waals surface area (Å²) in [6.07, 6.45) is 18.5. The summed E-state index contributed by atoms with van der Waals surface area (Å²) in [6.45, 7) is 1.15. The third kappa shape index (κ3) is 8.12. The molecule has 2 fully saturated rings. The Morgan fingerprint density at radius 1 is 0.677 bits per heavy atom. The summed E-state index contributed by atoms with van der Waals surface area (Å²) in [5.74, 6) is 1.12. The van der Waals surface area contributed by atoms with E-state index >= 15 is 0 Å². The van der Waals surface area contributed by atoms with Gasteiger partial charge in [-0.2, -0.15) is 0 Å². The molecule has 4 N–H and O–H groups in total. The number of ether oxygens (including phenoxy) is 2. The minimum Gasteiger partial charge on any atom is -0.453 e. The molecule has 0 radical (unpaired) electrons. The molecular formula is C48H50N8O6. The number of H-pyrrole nitrogens is 2. The Labute approximate surface area is 359 Å². The van der Waals surface area contributed by atoms with Gasteiger partial charge in [-0.15, -0.1) is 0 Å². The Hall–Kier alpha value is -6.96. The minimum atomic E-state index is -0.801. The molecule has 2 aliphatic carbocycles. The van der Waals surface area contributed by atoms with E-state index in [9.17, 15) is 19.2 Å². The molecule has 5 aromatic rings. The molecule has 0 unspecified atom stereocenters. The lowest BCUT2D eigenvalue weighted by molar-refractivity contribution is -0.134. The number of nitrogens with zero attached hydrogens (tertiary/aromatic N) is 4. The number of hydrogen-bond acceptors (Lipinski definition) is 8. The second kappa shape index (κ2) is 17.6. The maximum atomic E-state index is 14.0. The van der Waals surface area contributed by atoms with E-state index in [1.165, 1.54) is 14.2 Å². The van der Waals surface area contributed by atoms with E-state index in [4.69, 9.17) is 19.4 Å². The molecule has 4 amide bonds. The van der Waals surface area contributed by atoms with Crippen LogP contribution in [0.5, 0.6) is 0 Å². The first-order chi connectivity index (χ1) is 30.3. The number of aromatic amines is 2. The molecule has 4 heterocycles. The number of fused-ring (bicyclic) bond motifs is 2. The van der Waals surface area contributed by atoms with Crippen LogP contribution >= 0.6 is 0 Å². The largest absolute Gasteiger partial charge is 0.453 e. The lowest BCUT2D eigenvalue weighted by Gasteiger charge is -2.29. The number of allylic oxidation sites excluding steroid dienone is 6. The number of carbonyl (C=O) groups is 4. The van der Waals surface area contributed by atoms with Crippen LogP contribution in [0.15, 0.2) is 108 Å². The summed E-state index contributed by atoms with van der Waals surface area (Å²) in [4.78, 5) is 73.0. The summed E-state index contributed by atoms with van der Waals surface area (Å²) < 4.78 is 9.74. The number of rotatable bonds is 10. The molecule has 0 bridgehead atoms. The Morgan fingerprint density at radius 2 is 1.23 bits per heavy atom. The molecule has 318 valence electrons. The molecule has 2 saturated heterocycles. The molecule has 4 atom stereocenters.